The van der Waals surface area contributed by atoms with Gasteiger partial charge in [-0.3, -0.25) is 14.6 Å². The second-order valence-corrected chi connectivity index (χ2v) is 18.1. The maximum Gasteiger partial charge on any atom is 0.303 e. The summed E-state index contributed by atoms with van der Waals surface area (Å²) >= 11 is 0. The average Bonchev–Trinajstić information content (AvgIpc) is 3.77. The Morgan fingerprint density at radius 2 is 1.79 bits per heavy atom. The summed E-state index contributed by atoms with van der Waals surface area (Å²) in [7, 11) is 2.18. The minimum Gasteiger partial charge on any atom is -0.458 e. The van der Waals surface area contributed by atoms with E-state index in [1.54, 1.807) is 0 Å². The van der Waals surface area contributed by atoms with Gasteiger partial charge in [-0.2, -0.15) is 0 Å². The van der Waals surface area contributed by atoms with E-state index in [0.717, 1.165) is 71.2 Å². The van der Waals surface area contributed by atoms with Gasteiger partial charge in [-0.25, -0.2) is 0 Å². The van der Waals surface area contributed by atoms with Gasteiger partial charge in [-0.05, 0) is 100 Å². The highest BCUT2D eigenvalue weighted by Gasteiger charge is 2.76. The van der Waals surface area contributed by atoms with Crippen molar-refractivity contribution in [2.75, 3.05) is 44.7 Å². The van der Waals surface area contributed by atoms with Gasteiger partial charge in [0.2, 0.25) is 0 Å². The highest BCUT2D eigenvalue weighted by molar-refractivity contribution is 5.86. The predicted molar refractivity (Wildman–Crippen MR) is 206 cm³/mol. The molecule has 9 rings (SSSR count). The molecule has 1 spiro atoms. The number of esters is 1. The van der Waals surface area contributed by atoms with Crippen LogP contribution in [-0.4, -0.2) is 100 Å². The lowest BCUT2D eigenvalue weighted by Gasteiger charge is -2.64. The van der Waals surface area contributed by atoms with Crippen LogP contribution in [0.3, 0.4) is 0 Å². The second kappa shape index (κ2) is 11.4. The Bertz CT molecular complexity index is 1990. The number of H-pyrrole nitrogens is 1. The first kappa shape index (κ1) is 34.6. The molecule has 8 heteroatoms. The van der Waals surface area contributed by atoms with E-state index in [9.17, 15) is 15.0 Å². The molecule has 1 saturated carbocycles. The molecular weight excluding hydrogens is 649 g/mol. The number of benzene rings is 2. The highest BCUT2D eigenvalue weighted by Crippen LogP contribution is 2.68. The van der Waals surface area contributed by atoms with Crippen LogP contribution in [0.2, 0.25) is 0 Å². The summed E-state index contributed by atoms with van der Waals surface area (Å²) in [6, 6.07) is 13.5. The summed E-state index contributed by atoms with van der Waals surface area (Å²) in [5, 5.41) is 26.1. The third-order valence-corrected chi connectivity index (χ3v) is 15.3. The predicted octanol–water partition coefficient (Wildman–Crippen LogP) is 5.98. The molecule has 278 valence electrons. The van der Waals surface area contributed by atoms with E-state index in [4.69, 9.17) is 4.74 Å². The molecule has 1 aliphatic carbocycles. The lowest BCUT2D eigenvalue weighted by Crippen LogP contribution is -2.78. The van der Waals surface area contributed by atoms with Crippen LogP contribution in [0.5, 0.6) is 0 Å². The summed E-state index contributed by atoms with van der Waals surface area (Å²) in [6.07, 6.45) is 9.00. The number of hydrogen-bond acceptors (Lipinski definition) is 7. The van der Waals surface area contributed by atoms with Crippen molar-refractivity contribution in [2.45, 2.75) is 120 Å². The Kier molecular flexibility index (Phi) is 7.60. The number of nitrogens with one attached hydrogen (secondary N) is 1. The van der Waals surface area contributed by atoms with Gasteiger partial charge in [-0.1, -0.05) is 56.3 Å². The number of carbonyl (C=O) groups excluding carboxylic acids is 1. The van der Waals surface area contributed by atoms with Crippen LogP contribution in [0.15, 0.2) is 48.6 Å². The van der Waals surface area contributed by atoms with Crippen LogP contribution >= 0.6 is 0 Å². The number of hydrogen-bond donors (Lipinski definition) is 3. The van der Waals surface area contributed by atoms with E-state index in [1.807, 2.05) is 6.92 Å². The lowest BCUT2D eigenvalue weighted by atomic mass is 9.48. The number of nitrogens with zero attached hydrogens (tertiary/aromatic N) is 3. The van der Waals surface area contributed by atoms with Gasteiger partial charge in [-0.15, -0.1) is 0 Å². The van der Waals surface area contributed by atoms with Crippen LogP contribution in [0.25, 0.3) is 10.9 Å². The Morgan fingerprint density at radius 1 is 1.02 bits per heavy atom. The fourth-order valence-corrected chi connectivity index (χ4v) is 13.7. The van der Waals surface area contributed by atoms with Crippen molar-refractivity contribution in [1.29, 1.82) is 0 Å². The molecule has 1 aromatic heterocycles. The summed E-state index contributed by atoms with van der Waals surface area (Å²) in [5.74, 6) is -0.00954. The molecule has 6 aliphatic rings. The summed E-state index contributed by atoms with van der Waals surface area (Å²) in [4.78, 5) is 24.3. The minimum absolute atomic E-state index is 0.0965. The molecule has 10 atom stereocenters. The van der Waals surface area contributed by atoms with Gasteiger partial charge in [0.25, 0.3) is 0 Å². The number of fused-ring (bicyclic) bond motifs is 6. The normalized spacial score (nSPS) is 40.7. The van der Waals surface area contributed by atoms with E-state index < -0.39 is 22.7 Å². The van der Waals surface area contributed by atoms with E-state index in [2.05, 4.69) is 103 Å². The van der Waals surface area contributed by atoms with Gasteiger partial charge >= 0.3 is 5.97 Å². The monoisotopic (exact) mass is 706 g/mol. The fraction of sp³-hybridized carbons (Fsp3) is 0.614. The molecule has 3 aromatic rings. The molecule has 0 amide bonds. The Labute approximate surface area is 309 Å². The largest absolute Gasteiger partial charge is 0.458 e. The number of piperidine rings is 1. The molecule has 1 unspecified atom stereocenters. The van der Waals surface area contributed by atoms with Gasteiger partial charge in [0, 0.05) is 84.7 Å². The summed E-state index contributed by atoms with van der Waals surface area (Å²) in [6.45, 7) is 17.0. The highest BCUT2D eigenvalue weighted by atomic mass is 16.6. The number of carbonyl (C=O) groups is 1. The molecule has 5 aliphatic heterocycles. The Balaban J connectivity index is 1.26. The van der Waals surface area contributed by atoms with Crippen LogP contribution in [0, 0.1) is 18.3 Å². The van der Waals surface area contributed by atoms with Crippen molar-refractivity contribution in [3.05, 3.63) is 76.5 Å². The van der Waals surface area contributed by atoms with Crippen LogP contribution in [0.1, 0.15) is 94.7 Å². The van der Waals surface area contributed by atoms with Gasteiger partial charge in [0.1, 0.15) is 11.7 Å². The zero-order chi connectivity index (χ0) is 36.6. The average molecular weight is 707 g/mol. The third-order valence-electron chi connectivity index (χ3n) is 15.3. The zero-order valence-corrected chi connectivity index (χ0v) is 32.3. The number of aromatic amines is 1. The van der Waals surface area contributed by atoms with Gasteiger partial charge < -0.3 is 24.8 Å². The topological polar surface area (TPSA) is 92.3 Å². The first-order chi connectivity index (χ1) is 24.7. The number of rotatable bonds is 4. The van der Waals surface area contributed by atoms with E-state index >= 15 is 0 Å². The van der Waals surface area contributed by atoms with E-state index in [0.29, 0.717) is 5.92 Å². The zero-order valence-electron chi connectivity index (χ0n) is 32.3. The fourth-order valence-electron chi connectivity index (χ4n) is 13.7. The van der Waals surface area contributed by atoms with Gasteiger partial charge in [0.15, 0.2) is 0 Å². The van der Waals surface area contributed by atoms with Crippen LogP contribution in [0.4, 0.5) is 5.69 Å². The van der Waals surface area contributed by atoms with Crippen LogP contribution in [-0.2, 0) is 26.8 Å². The number of ether oxygens (including phenoxy) is 1. The van der Waals surface area contributed by atoms with Gasteiger partial charge in [0.05, 0.1) is 11.6 Å². The number of aliphatic hydroxyl groups is 2. The number of aromatic nitrogens is 1. The van der Waals surface area contributed by atoms with Crippen molar-refractivity contribution in [3.63, 3.8) is 0 Å². The summed E-state index contributed by atoms with van der Waals surface area (Å²) < 4.78 is 6.26. The molecule has 2 bridgehead atoms. The number of anilines is 1. The smallest absolute Gasteiger partial charge is 0.303 e. The molecule has 0 radical (unpaired) electrons. The summed E-state index contributed by atoms with van der Waals surface area (Å²) in [5.41, 5.74) is 5.84. The molecule has 2 aromatic carbocycles. The molecular formula is C44H58N4O4. The molecule has 3 N–H and O–H groups in total. The van der Waals surface area contributed by atoms with Crippen molar-refractivity contribution in [2.24, 2.45) is 11.3 Å². The quantitative estimate of drug-likeness (QED) is 0.227. The first-order valence-electron chi connectivity index (χ1n) is 20.0. The molecule has 52 heavy (non-hydrogen) atoms. The third kappa shape index (κ3) is 4.38. The Hall–Kier alpha value is -3.17. The SMILES string of the molecule is CC[C@]1(O)C[C@@H]2CN(CCc3c([nH]c4ccccc34)[C@@](C)(c3ccc4c(c3C)N(C)[C@H]3[C@](C)(O)[C@H](OC(C)=O)[C@]5(CC)C=CCN6CC[C@]43[C@@H]65)C2)C1. The molecule has 3 fully saturated rings. The maximum atomic E-state index is 13.0. The van der Waals surface area contributed by atoms with E-state index in [-0.39, 0.29) is 28.9 Å². The Morgan fingerprint density at radius 3 is 2.54 bits per heavy atom. The molecule has 6 heterocycles. The number of likely N-dealkylation sites (N-methyl/N-ethyl adjacent to an activating group) is 1. The van der Waals surface area contributed by atoms with Crippen molar-refractivity contribution < 1.29 is 19.7 Å². The molecule has 2 saturated heterocycles. The van der Waals surface area contributed by atoms with Crippen molar-refractivity contribution in [3.8, 4) is 0 Å². The standard InChI is InChI=1S/C44H58N4O4/c1-8-42(51)24-29-23-40(5,36-31(17-21-47(25-29)26-42)30-13-10-11-14-34(30)45-36)32-15-16-33-35(27(32)3)46(7)37-41(6,50)39(52-28(4)49)43(9-2)18-12-20-48-22-19-44(33,37)38(43)48/h10-16,18,29,37-39,45,50-51H,8-9,17,19-26H2,1-7H3/t29-,37+,38+,39+,40-,41+,42+,43-,44+/m1/s1. The number of para-hydroxylation sites is 1. The maximum absolute atomic E-state index is 13.0. The minimum atomic E-state index is -1.31. The molecule has 8 nitrogen and oxygen atoms in total. The second-order valence-electron chi connectivity index (χ2n) is 18.1. The lowest BCUT2D eigenvalue weighted by molar-refractivity contribution is -0.213. The first-order valence-corrected chi connectivity index (χ1v) is 20.0. The van der Waals surface area contributed by atoms with Crippen LogP contribution < -0.4 is 4.90 Å². The van der Waals surface area contributed by atoms with E-state index in [1.165, 1.54) is 51.5 Å². The van der Waals surface area contributed by atoms with Crippen molar-refractivity contribution in [1.82, 2.24) is 14.8 Å². The van der Waals surface area contributed by atoms with Crippen molar-refractivity contribution >= 4 is 22.6 Å².